The van der Waals surface area contributed by atoms with Gasteiger partial charge >= 0.3 is 24.3 Å². The summed E-state index contributed by atoms with van der Waals surface area (Å²) in [5.74, 6) is -4.43. The average Bonchev–Trinajstić information content (AvgIpc) is 3.49. The highest BCUT2D eigenvalue weighted by Crippen LogP contribution is 2.33. The van der Waals surface area contributed by atoms with Crippen LogP contribution < -0.4 is 0 Å². The molecule has 4 heterocycles. The predicted octanol–water partition coefficient (Wildman–Crippen LogP) is 3.79. The molecule has 2 atom stereocenters. The van der Waals surface area contributed by atoms with Crippen molar-refractivity contribution >= 4 is 11.9 Å². The van der Waals surface area contributed by atoms with E-state index in [1.807, 2.05) is 24.5 Å². The normalized spacial score (nSPS) is 20.3. The fraction of sp³-hybridized carbons (Fsp3) is 0.476. The molecule has 4 rings (SSSR count). The van der Waals surface area contributed by atoms with Crippen molar-refractivity contribution in [2.75, 3.05) is 13.1 Å². The highest BCUT2D eigenvalue weighted by molar-refractivity contribution is 5.73. The average molecular weight is 511 g/mol. The molecular weight excluding hydrogens is 488 g/mol. The molecule has 0 aliphatic carbocycles. The highest BCUT2D eigenvalue weighted by atomic mass is 19.4. The predicted molar refractivity (Wildman–Crippen MR) is 108 cm³/mol. The van der Waals surface area contributed by atoms with Gasteiger partial charge in [-0.25, -0.2) is 9.59 Å². The number of carboxylic acids is 2. The van der Waals surface area contributed by atoms with E-state index in [0.29, 0.717) is 12.1 Å². The Morgan fingerprint density at radius 3 is 1.83 bits per heavy atom. The van der Waals surface area contributed by atoms with Gasteiger partial charge in [0.1, 0.15) is 5.76 Å². The lowest BCUT2D eigenvalue weighted by Crippen LogP contribution is -2.35. The maximum absolute atomic E-state index is 10.6. The second kappa shape index (κ2) is 12.0. The van der Waals surface area contributed by atoms with Crippen LogP contribution in [0.1, 0.15) is 24.2 Å². The fourth-order valence-electron chi connectivity index (χ4n) is 3.89. The smallest absolute Gasteiger partial charge is 0.475 e. The van der Waals surface area contributed by atoms with Gasteiger partial charge in [0, 0.05) is 44.1 Å². The number of halogens is 6. The van der Waals surface area contributed by atoms with Crippen molar-refractivity contribution in [1.82, 2.24) is 14.8 Å². The van der Waals surface area contributed by atoms with Crippen molar-refractivity contribution in [2.45, 2.75) is 50.4 Å². The number of alkyl halides is 6. The maximum Gasteiger partial charge on any atom is 0.490 e. The Labute approximate surface area is 195 Å². The third kappa shape index (κ3) is 8.87. The van der Waals surface area contributed by atoms with Crippen molar-refractivity contribution in [3.05, 3.63) is 54.2 Å². The van der Waals surface area contributed by atoms with Crippen LogP contribution in [0.15, 0.2) is 47.3 Å². The number of carboxylic acid groups (broad SMARTS) is 2. The molecule has 2 saturated heterocycles. The van der Waals surface area contributed by atoms with Gasteiger partial charge in [0.2, 0.25) is 0 Å². The largest absolute Gasteiger partial charge is 0.490 e. The number of nitrogens with zero attached hydrogens (tertiary/aromatic N) is 3. The first kappa shape index (κ1) is 28.1. The van der Waals surface area contributed by atoms with Crippen LogP contribution in [0.2, 0.25) is 0 Å². The Morgan fingerprint density at radius 1 is 0.914 bits per heavy atom. The molecule has 14 heteroatoms. The summed E-state index contributed by atoms with van der Waals surface area (Å²) in [6.45, 7) is 4.36. The minimum Gasteiger partial charge on any atom is -0.475 e. The second-order valence-electron chi connectivity index (χ2n) is 7.70. The van der Waals surface area contributed by atoms with E-state index in [9.17, 15) is 26.3 Å². The number of aliphatic carboxylic acids is 2. The van der Waals surface area contributed by atoms with Crippen LogP contribution in [0.25, 0.3) is 0 Å². The first-order chi connectivity index (χ1) is 16.3. The second-order valence-corrected chi connectivity index (χ2v) is 7.70. The van der Waals surface area contributed by atoms with Crippen LogP contribution in [0.5, 0.6) is 0 Å². The van der Waals surface area contributed by atoms with Crippen LogP contribution in [0, 0.1) is 0 Å². The Bertz CT molecular complexity index is 913. The van der Waals surface area contributed by atoms with Gasteiger partial charge < -0.3 is 14.6 Å². The Morgan fingerprint density at radius 2 is 1.43 bits per heavy atom. The molecule has 2 fully saturated rings. The number of aromatic nitrogens is 1. The van der Waals surface area contributed by atoms with E-state index in [1.165, 1.54) is 31.5 Å². The van der Waals surface area contributed by atoms with Crippen molar-refractivity contribution in [3.63, 3.8) is 0 Å². The molecule has 0 aromatic carbocycles. The van der Waals surface area contributed by atoms with E-state index in [2.05, 4.69) is 26.9 Å². The summed E-state index contributed by atoms with van der Waals surface area (Å²) >= 11 is 0. The molecule has 35 heavy (non-hydrogen) atoms. The number of likely N-dealkylation sites (tertiary alicyclic amines) is 2. The van der Waals surface area contributed by atoms with Crippen LogP contribution in [-0.2, 0) is 22.7 Å². The van der Waals surface area contributed by atoms with Gasteiger partial charge in [-0.15, -0.1) is 0 Å². The zero-order valence-corrected chi connectivity index (χ0v) is 18.2. The van der Waals surface area contributed by atoms with Gasteiger partial charge in [0.05, 0.1) is 12.8 Å². The number of furan rings is 1. The number of hydrogen-bond acceptors (Lipinski definition) is 6. The molecule has 2 N–H and O–H groups in total. The summed E-state index contributed by atoms with van der Waals surface area (Å²) in [5, 5.41) is 14.2. The molecule has 8 nitrogen and oxygen atoms in total. The van der Waals surface area contributed by atoms with Crippen LogP contribution in [0.3, 0.4) is 0 Å². The zero-order valence-electron chi connectivity index (χ0n) is 18.2. The number of rotatable bonds is 4. The molecule has 0 spiro atoms. The van der Waals surface area contributed by atoms with Gasteiger partial charge in [-0.05, 0) is 36.6 Å². The number of hydrogen-bond donors (Lipinski definition) is 2. The summed E-state index contributed by atoms with van der Waals surface area (Å²) in [6.07, 6.45) is -2.02. The quantitative estimate of drug-likeness (QED) is 0.598. The monoisotopic (exact) mass is 511 g/mol. The maximum atomic E-state index is 10.6. The standard InChI is InChI=1S/C17H21N3O.2C2HF3O2/c1-3-14(11-18-7-1)12-19-8-5-17-16(19)6-9-20(17)13-15-4-2-10-21-15;2*3-2(4,5)1(6)7/h1-4,7,10-11,16-17H,5-6,8-9,12-13H2;2*(H,6,7)/t16-,17+;;/m0../s1. The van der Waals surface area contributed by atoms with E-state index in [-0.39, 0.29) is 0 Å². The van der Waals surface area contributed by atoms with Crippen molar-refractivity contribution in [1.29, 1.82) is 0 Å². The summed E-state index contributed by atoms with van der Waals surface area (Å²) < 4.78 is 69.0. The molecule has 0 amide bonds. The molecular formula is C21H23F6N3O5. The molecule has 0 unspecified atom stereocenters. The van der Waals surface area contributed by atoms with E-state index in [1.54, 1.807) is 6.26 Å². The number of fused-ring (bicyclic) bond motifs is 1. The third-order valence-corrected chi connectivity index (χ3v) is 5.34. The molecule has 2 aromatic rings. The number of carbonyl (C=O) groups is 2. The van der Waals surface area contributed by atoms with Gasteiger partial charge in [0.25, 0.3) is 0 Å². The zero-order chi connectivity index (χ0) is 26.2. The molecule has 0 radical (unpaired) electrons. The molecule has 0 saturated carbocycles. The van der Waals surface area contributed by atoms with Crippen LogP contribution in [0.4, 0.5) is 26.3 Å². The minimum absolute atomic E-state index is 0.687. The molecule has 194 valence electrons. The van der Waals surface area contributed by atoms with Gasteiger partial charge in [-0.3, -0.25) is 14.8 Å². The van der Waals surface area contributed by atoms with E-state index in [4.69, 9.17) is 24.2 Å². The van der Waals surface area contributed by atoms with Gasteiger partial charge in [-0.1, -0.05) is 6.07 Å². The SMILES string of the molecule is O=C(O)C(F)(F)F.O=C(O)C(F)(F)F.c1cncc(CN2CC[C@@H]3[C@@H]2CCN3Cc2ccco2)c1. The first-order valence-corrected chi connectivity index (χ1v) is 10.3. The van der Waals surface area contributed by atoms with Crippen molar-refractivity contribution in [3.8, 4) is 0 Å². The third-order valence-electron chi connectivity index (χ3n) is 5.34. The number of pyridine rings is 1. The van der Waals surface area contributed by atoms with Crippen molar-refractivity contribution < 1.29 is 50.6 Å². The highest BCUT2D eigenvalue weighted by Gasteiger charge is 2.42. The van der Waals surface area contributed by atoms with Crippen LogP contribution >= 0.6 is 0 Å². The van der Waals surface area contributed by atoms with Gasteiger partial charge in [-0.2, -0.15) is 26.3 Å². The lowest BCUT2D eigenvalue weighted by atomic mass is 10.1. The van der Waals surface area contributed by atoms with E-state index in [0.717, 1.165) is 18.8 Å². The summed E-state index contributed by atoms with van der Waals surface area (Å²) in [5.41, 5.74) is 1.32. The summed E-state index contributed by atoms with van der Waals surface area (Å²) in [6, 6.07) is 9.64. The lowest BCUT2D eigenvalue weighted by Gasteiger charge is -2.25. The van der Waals surface area contributed by atoms with E-state index < -0.39 is 24.3 Å². The lowest BCUT2D eigenvalue weighted by molar-refractivity contribution is -0.193. The first-order valence-electron chi connectivity index (χ1n) is 10.3. The Hall–Kier alpha value is -3.13. The van der Waals surface area contributed by atoms with Gasteiger partial charge in [0.15, 0.2) is 0 Å². The fourth-order valence-corrected chi connectivity index (χ4v) is 3.89. The summed E-state index contributed by atoms with van der Waals surface area (Å²) in [7, 11) is 0. The molecule has 2 aliphatic heterocycles. The molecule has 0 bridgehead atoms. The Kier molecular flexibility index (Phi) is 9.65. The van der Waals surface area contributed by atoms with E-state index >= 15 is 0 Å². The Balaban J connectivity index is 0.000000257. The minimum atomic E-state index is -5.08. The molecule has 2 aliphatic rings. The topological polar surface area (TPSA) is 107 Å². The summed E-state index contributed by atoms with van der Waals surface area (Å²) in [4.78, 5) is 27.2. The molecule has 2 aromatic heterocycles. The van der Waals surface area contributed by atoms with Crippen molar-refractivity contribution in [2.24, 2.45) is 0 Å². The van der Waals surface area contributed by atoms with Crippen LogP contribution in [-0.4, -0.2) is 74.5 Å².